The second-order valence-electron chi connectivity index (χ2n) is 7.33. The first-order chi connectivity index (χ1) is 14.6. The molecule has 156 valence electrons. The van der Waals surface area contributed by atoms with E-state index >= 15 is 0 Å². The van der Waals surface area contributed by atoms with Gasteiger partial charge in [0, 0.05) is 36.8 Å². The Labute approximate surface area is 180 Å². The second kappa shape index (κ2) is 9.00. The highest BCUT2D eigenvalue weighted by molar-refractivity contribution is 6.47. The van der Waals surface area contributed by atoms with Crippen molar-refractivity contribution in [2.75, 3.05) is 39.4 Å². The average molecular weight is 427 g/mol. The van der Waals surface area contributed by atoms with Gasteiger partial charge in [-0.3, -0.25) is 14.5 Å². The van der Waals surface area contributed by atoms with Crippen LogP contribution in [-0.2, 0) is 14.3 Å². The molecule has 2 heterocycles. The van der Waals surface area contributed by atoms with Crippen molar-refractivity contribution in [2.24, 2.45) is 0 Å². The number of carbonyl (C=O) groups excluding carboxylic acids is 2. The first-order valence-electron chi connectivity index (χ1n) is 9.96. The lowest BCUT2D eigenvalue weighted by atomic mass is 9.95. The molecule has 2 aliphatic heterocycles. The molecule has 0 spiro atoms. The standard InChI is InChI=1S/C23H23ClN2O4/c24-18-9-5-4-8-17(18)20-19(21(27)16-6-2-1-3-7-16)22(28)23(29)26(20)11-10-25-12-14-30-15-13-25/h1-9,20,27H,10-15H2/t20-/m0/s1. The average Bonchev–Trinajstić information content (AvgIpc) is 3.03. The lowest BCUT2D eigenvalue weighted by Gasteiger charge is -2.31. The van der Waals surface area contributed by atoms with Gasteiger partial charge in [0.05, 0.1) is 24.8 Å². The van der Waals surface area contributed by atoms with Crippen LogP contribution in [0.5, 0.6) is 0 Å². The largest absolute Gasteiger partial charge is 0.507 e. The van der Waals surface area contributed by atoms with Crippen molar-refractivity contribution < 1.29 is 19.4 Å². The van der Waals surface area contributed by atoms with Crippen LogP contribution in [0, 0.1) is 0 Å². The third-order valence-electron chi connectivity index (χ3n) is 5.55. The van der Waals surface area contributed by atoms with E-state index < -0.39 is 17.7 Å². The summed E-state index contributed by atoms with van der Waals surface area (Å²) in [6.07, 6.45) is 0. The highest BCUT2D eigenvalue weighted by Crippen LogP contribution is 2.41. The molecule has 30 heavy (non-hydrogen) atoms. The maximum Gasteiger partial charge on any atom is 0.295 e. The Hall–Kier alpha value is -2.67. The first kappa shape index (κ1) is 20.6. The molecule has 0 bridgehead atoms. The van der Waals surface area contributed by atoms with Gasteiger partial charge < -0.3 is 14.7 Å². The predicted octanol–water partition coefficient (Wildman–Crippen LogP) is 3.09. The van der Waals surface area contributed by atoms with Crippen LogP contribution < -0.4 is 0 Å². The minimum atomic E-state index is -0.736. The van der Waals surface area contributed by atoms with E-state index in [1.165, 1.54) is 4.90 Å². The van der Waals surface area contributed by atoms with E-state index in [0.29, 0.717) is 42.5 Å². The molecule has 0 radical (unpaired) electrons. The Morgan fingerprint density at radius 3 is 2.37 bits per heavy atom. The van der Waals surface area contributed by atoms with Gasteiger partial charge in [0.1, 0.15) is 5.76 Å². The maximum absolute atomic E-state index is 13.0. The highest BCUT2D eigenvalue weighted by Gasteiger charge is 2.46. The number of carbonyl (C=O) groups is 2. The minimum absolute atomic E-state index is 0.0706. The first-order valence-corrected chi connectivity index (χ1v) is 10.3. The molecule has 0 unspecified atom stereocenters. The maximum atomic E-state index is 13.0. The Balaban J connectivity index is 1.74. The molecule has 1 atom stereocenters. The SMILES string of the molecule is O=C1C(=O)N(CCN2CCOCC2)[C@@H](c2ccccc2Cl)C1=C(O)c1ccccc1. The van der Waals surface area contributed by atoms with Crippen molar-refractivity contribution in [2.45, 2.75) is 6.04 Å². The number of halogens is 1. The summed E-state index contributed by atoms with van der Waals surface area (Å²) in [6.45, 7) is 3.84. The zero-order valence-electron chi connectivity index (χ0n) is 16.5. The van der Waals surface area contributed by atoms with Crippen molar-refractivity contribution in [1.29, 1.82) is 0 Å². The number of aliphatic hydroxyl groups excluding tert-OH is 1. The molecule has 6 nitrogen and oxygen atoms in total. The lowest BCUT2D eigenvalue weighted by molar-refractivity contribution is -0.140. The fraction of sp³-hybridized carbons (Fsp3) is 0.304. The van der Waals surface area contributed by atoms with Crippen LogP contribution in [0.25, 0.3) is 5.76 Å². The number of Topliss-reactive ketones (excluding diaryl/α,β-unsaturated/α-hetero) is 1. The number of aliphatic hydroxyl groups is 1. The van der Waals surface area contributed by atoms with Crippen LogP contribution >= 0.6 is 11.6 Å². The van der Waals surface area contributed by atoms with Crippen LogP contribution in [0.1, 0.15) is 17.2 Å². The number of benzene rings is 2. The normalized spacial score (nSPS) is 21.9. The Morgan fingerprint density at radius 2 is 1.67 bits per heavy atom. The van der Waals surface area contributed by atoms with Gasteiger partial charge in [-0.1, -0.05) is 60.1 Å². The van der Waals surface area contributed by atoms with Crippen LogP contribution in [0.15, 0.2) is 60.2 Å². The molecule has 2 fully saturated rings. The van der Waals surface area contributed by atoms with E-state index in [2.05, 4.69) is 4.90 Å². The number of rotatable bonds is 5. The molecule has 0 saturated carbocycles. The van der Waals surface area contributed by atoms with Crippen molar-refractivity contribution in [3.8, 4) is 0 Å². The predicted molar refractivity (Wildman–Crippen MR) is 114 cm³/mol. The summed E-state index contributed by atoms with van der Waals surface area (Å²) in [7, 11) is 0. The fourth-order valence-electron chi connectivity index (χ4n) is 3.96. The van der Waals surface area contributed by atoms with Crippen molar-refractivity contribution >= 4 is 29.1 Å². The summed E-state index contributed by atoms with van der Waals surface area (Å²) in [6, 6.07) is 15.2. The summed E-state index contributed by atoms with van der Waals surface area (Å²) >= 11 is 6.45. The van der Waals surface area contributed by atoms with Crippen LogP contribution in [0.3, 0.4) is 0 Å². The van der Waals surface area contributed by atoms with Gasteiger partial charge in [-0.25, -0.2) is 0 Å². The zero-order chi connectivity index (χ0) is 21.1. The van der Waals surface area contributed by atoms with Gasteiger partial charge in [-0.2, -0.15) is 0 Å². The molecule has 2 aromatic rings. The number of nitrogens with zero attached hydrogens (tertiary/aromatic N) is 2. The van der Waals surface area contributed by atoms with Crippen molar-refractivity contribution in [3.05, 3.63) is 76.3 Å². The molecule has 4 rings (SSSR count). The Morgan fingerprint density at radius 1 is 1.00 bits per heavy atom. The molecule has 2 saturated heterocycles. The van der Waals surface area contributed by atoms with Gasteiger partial charge in [0.25, 0.3) is 11.7 Å². The monoisotopic (exact) mass is 426 g/mol. The third kappa shape index (κ3) is 3.99. The summed E-state index contributed by atoms with van der Waals surface area (Å²) in [5.41, 5.74) is 1.18. The second-order valence-corrected chi connectivity index (χ2v) is 7.74. The topological polar surface area (TPSA) is 70.1 Å². The van der Waals surface area contributed by atoms with Crippen molar-refractivity contribution in [3.63, 3.8) is 0 Å². The number of morpholine rings is 1. The fourth-order valence-corrected chi connectivity index (χ4v) is 4.20. The molecule has 2 aliphatic rings. The molecular formula is C23H23ClN2O4. The van der Waals surface area contributed by atoms with Crippen LogP contribution in [0.4, 0.5) is 0 Å². The molecule has 1 N–H and O–H groups in total. The number of hydrogen-bond donors (Lipinski definition) is 1. The highest BCUT2D eigenvalue weighted by atomic mass is 35.5. The molecule has 0 aliphatic carbocycles. The van der Waals surface area contributed by atoms with E-state index in [4.69, 9.17) is 16.3 Å². The summed E-state index contributed by atoms with van der Waals surface area (Å²) in [5.74, 6) is -1.50. The van der Waals surface area contributed by atoms with Gasteiger partial charge in [-0.05, 0) is 11.6 Å². The summed E-state index contributed by atoms with van der Waals surface area (Å²) in [4.78, 5) is 29.7. The number of ether oxygens (including phenoxy) is 1. The van der Waals surface area contributed by atoms with E-state index in [1.807, 2.05) is 12.1 Å². The van der Waals surface area contributed by atoms with E-state index in [0.717, 1.165) is 13.1 Å². The van der Waals surface area contributed by atoms with E-state index in [-0.39, 0.29) is 11.3 Å². The van der Waals surface area contributed by atoms with Crippen LogP contribution in [-0.4, -0.2) is 66.0 Å². The molecule has 0 aromatic heterocycles. The number of amides is 1. The van der Waals surface area contributed by atoms with Crippen molar-refractivity contribution in [1.82, 2.24) is 9.80 Å². The summed E-state index contributed by atoms with van der Waals surface area (Å²) in [5, 5.41) is 11.4. The molecular weight excluding hydrogens is 404 g/mol. The van der Waals surface area contributed by atoms with Gasteiger partial charge >= 0.3 is 0 Å². The molecule has 2 aromatic carbocycles. The molecule has 1 amide bonds. The van der Waals surface area contributed by atoms with Gasteiger partial charge in [-0.15, -0.1) is 0 Å². The minimum Gasteiger partial charge on any atom is -0.507 e. The van der Waals surface area contributed by atoms with Crippen LogP contribution in [0.2, 0.25) is 5.02 Å². The molecule has 7 heteroatoms. The van der Waals surface area contributed by atoms with Gasteiger partial charge in [0.15, 0.2) is 0 Å². The Bertz CT molecular complexity index is 970. The number of hydrogen-bond acceptors (Lipinski definition) is 5. The van der Waals surface area contributed by atoms with Gasteiger partial charge in [0.2, 0.25) is 0 Å². The quantitative estimate of drug-likeness (QED) is 0.452. The van der Waals surface area contributed by atoms with E-state index in [1.54, 1.807) is 42.5 Å². The van der Waals surface area contributed by atoms with E-state index in [9.17, 15) is 14.7 Å². The third-order valence-corrected chi connectivity index (χ3v) is 5.89. The number of likely N-dealkylation sites (tertiary alicyclic amines) is 1. The summed E-state index contributed by atoms with van der Waals surface area (Å²) < 4.78 is 5.38. The zero-order valence-corrected chi connectivity index (χ0v) is 17.2. The lowest BCUT2D eigenvalue weighted by Crippen LogP contribution is -2.42. The smallest absolute Gasteiger partial charge is 0.295 e. The number of ketones is 1. The Kier molecular flexibility index (Phi) is 6.18.